The van der Waals surface area contributed by atoms with Gasteiger partial charge in [0.1, 0.15) is 13.2 Å². The Morgan fingerprint density at radius 1 is 0.266 bits per heavy atom. The largest absolute Gasteiger partial charge is 0.462 e. The molecule has 0 aliphatic rings. The van der Waals surface area contributed by atoms with E-state index in [1.807, 2.05) is 6.08 Å². The van der Waals surface area contributed by atoms with E-state index < -0.39 is 6.10 Å². The summed E-state index contributed by atoms with van der Waals surface area (Å²) in [6, 6.07) is 0. The Labute approximate surface area is 489 Å². The molecule has 0 radical (unpaired) electrons. The van der Waals surface area contributed by atoms with Crippen molar-refractivity contribution in [1.29, 1.82) is 0 Å². The molecule has 6 heteroatoms. The lowest BCUT2D eigenvalue weighted by Gasteiger charge is -2.18. The first-order valence-corrected chi connectivity index (χ1v) is 33.4. The topological polar surface area (TPSA) is 78.9 Å². The quantitative estimate of drug-likeness (QED) is 0.0261. The molecule has 1 atom stereocenters. The molecule has 0 saturated heterocycles. The number of hydrogen-bond acceptors (Lipinski definition) is 6. The summed E-state index contributed by atoms with van der Waals surface area (Å²) >= 11 is 0. The molecule has 0 aliphatic heterocycles. The molecule has 0 aliphatic carbocycles. The van der Waals surface area contributed by atoms with Gasteiger partial charge in [0.05, 0.1) is 0 Å². The molecule has 0 fully saturated rings. The average molecular weight is 1100 g/mol. The molecule has 1 unspecified atom stereocenters. The van der Waals surface area contributed by atoms with Gasteiger partial charge in [0, 0.05) is 19.3 Å². The number of carbonyl (C=O) groups excluding carboxylic acids is 3. The highest BCUT2D eigenvalue weighted by Crippen LogP contribution is 2.16. The highest BCUT2D eigenvalue weighted by atomic mass is 16.6. The van der Waals surface area contributed by atoms with Crippen molar-refractivity contribution in [3.8, 4) is 0 Å². The third-order valence-electron chi connectivity index (χ3n) is 14.2. The van der Waals surface area contributed by atoms with Gasteiger partial charge in [0.15, 0.2) is 6.10 Å². The van der Waals surface area contributed by atoms with Gasteiger partial charge in [-0.2, -0.15) is 0 Å². The molecule has 0 N–H and O–H groups in total. The molecule has 0 bridgehead atoms. The van der Waals surface area contributed by atoms with Gasteiger partial charge >= 0.3 is 17.9 Å². The van der Waals surface area contributed by atoms with Crippen LogP contribution in [0.5, 0.6) is 0 Å². The van der Waals surface area contributed by atoms with E-state index in [4.69, 9.17) is 14.2 Å². The van der Waals surface area contributed by atoms with Crippen molar-refractivity contribution in [3.05, 3.63) is 109 Å². The molecular formula is C73H124O6. The van der Waals surface area contributed by atoms with Crippen LogP contribution in [-0.2, 0) is 28.6 Å². The molecule has 0 aromatic carbocycles. The van der Waals surface area contributed by atoms with E-state index >= 15 is 0 Å². The molecule has 0 saturated carbocycles. The fraction of sp³-hybridized carbons (Fsp3) is 0.712. The summed E-state index contributed by atoms with van der Waals surface area (Å²) in [5.41, 5.74) is 0. The third-order valence-corrected chi connectivity index (χ3v) is 14.2. The molecule has 0 rings (SSSR count). The summed E-state index contributed by atoms with van der Waals surface area (Å²) in [4.78, 5) is 38.3. The van der Waals surface area contributed by atoms with E-state index in [0.29, 0.717) is 19.3 Å². The number of esters is 3. The fourth-order valence-electron chi connectivity index (χ4n) is 9.26. The van der Waals surface area contributed by atoms with Crippen LogP contribution in [0.1, 0.15) is 316 Å². The maximum Gasteiger partial charge on any atom is 0.306 e. The van der Waals surface area contributed by atoms with Gasteiger partial charge in [-0.3, -0.25) is 14.4 Å². The molecule has 452 valence electrons. The average Bonchev–Trinajstić information content (AvgIpc) is 3.45. The second-order valence-electron chi connectivity index (χ2n) is 22.0. The zero-order valence-corrected chi connectivity index (χ0v) is 51.9. The summed E-state index contributed by atoms with van der Waals surface area (Å²) in [6.45, 7) is 6.44. The normalized spacial score (nSPS) is 12.8. The van der Waals surface area contributed by atoms with Crippen molar-refractivity contribution in [2.24, 2.45) is 0 Å². The van der Waals surface area contributed by atoms with Crippen LogP contribution in [0.3, 0.4) is 0 Å². The van der Waals surface area contributed by atoms with Crippen molar-refractivity contribution < 1.29 is 28.6 Å². The van der Waals surface area contributed by atoms with E-state index in [9.17, 15) is 14.4 Å². The fourth-order valence-corrected chi connectivity index (χ4v) is 9.26. The van der Waals surface area contributed by atoms with E-state index in [0.717, 1.165) is 89.9 Å². The van der Waals surface area contributed by atoms with Crippen LogP contribution in [0.2, 0.25) is 0 Å². The van der Waals surface area contributed by atoms with Gasteiger partial charge in [-0.25, -0.2) is 0 Å². The van der Waals surface area contributed by atoms with E-state index in [1.165, 1.54) is 180 Å². The SMILES string of the molecule is CC/C=C\C/C=C\C/C=C\C/C=C\CCC(=O)OCC(COC(=O)CCCCCCCCCCCCCCCCCC/C=C\C/C=C\C/C=C\CCCCCCC)OC(=O)CCCCCCCCC/C=C\C/C=C\CCCCC. The number of rotatable bonds is 60. The molecule has 0 amide bonds. The van der Waals surface area contributed by atoms with Crippen LogP contribution in [0.15, 0.2) is 109 Å². The zero-order valence-electron chi connectivity index (χ0n) is 51.9. The van der Waals surface area contributed by atoms with Crippen molar-refractivity contribution in [2.45, 2.75) is 322 Å². The minimum Gasteiger partial charge on any atom is -0.462 e. The van der Waals surface area contributed by atoms with Crippen molar-refractivity contribution >= 4 is 17.9 Å². The minimum atomic E-state index is -0.813. The standard InChI is InChI=1S/C73H124O6/c1-4-7-10-13-16-19-22-25-27-29-30-31-32-33-34-35-36-37-38-39-40-41-42-44-45-48-51-54-57-60-63-66-72(75)78-69-70(68-77-71(74)65-62-59-56-53-50-47-24-21-18-15-12-9-6-3)79-73(76)67-64-61-58-55-52-49-46-43-28-26-23-20-17-14-11-8-5-2/h9,12,17-18,20-22,25-26,28-30,32-33,47,50,56,59,70H,4-8,10-11,13-16,19,23-24,27,31,34-46,48-49,51-55,57-58,60-69H2,1-3H3/b12-9-,20-17-,21-18-,25-22-,28-26-,30-29-,33-32-,50-47-,59-56-. The summed E-state index contributed by atoms with van der Waals surface area (Å²) in [5, 5.41) is 0. The van der Waals surface area contributed by atoms with Gasteiger partial charge in [-0.15, -0.1) is 0 Å². The Balaban J connectivity index is 4.25. The van der Waals surface area contributed by atoms with Crippen LogP contribution in [0, 0.1) is 0 Å². The van der Waals surface area contributed by atoms with Gasteiger partial charge in [-0.1, -0.05) is 291 Å². The first-order chi connectivity index (χ1) is 39.0. The number of ether oxygens (including phenoxy) is 3. The second-order valence-corrected chi connectivity index (χ2v) is 22.0. The van der Waals surface area contributed by atoms with Crippen molar-refractivity contribution in [3.63, 3.8) is 0 Å². The lowest BCUT2D eigenvalue weighted by atomic mass is 10.0. The van der Waals surface area contributed by atoms with Crippen LogP contribution in [0.25, 0.3) is 0 Å². The first kappa shape index (κ1) is 75.1. The molecule has 6 nitrogen and oxygen atoms in total. The lowest BCUT2D eigenvalue weighted by Crippen LogP contribution is -2.30. The second kappa shape index (κ2) is 66.6. The highest BCUT2D eigenvalue weighted by molar-refractivity contribution is 5.71. The van der Waals surface area contributed by atoms with Crippen molar-refractivity contribution in [2.75, 3.05) is 13.2 Å². The number of carbonyl (C=O) groups is 3. The van der Waals surface area contributed by atoms with Crippen molar-refractivity contribution in [1.82, 2.24) is 0 Å². The lowest BCUT2D eigenvalue weighted by molar-refractivity contribution is -0.166. The van der Waals surface area contributed by atoms with Gasteiger partial charge < -0.3 is 14.2 Å². The van der Waals surface area contributed by atoms with Crippen LogP contribution in [0.4, 0.5) is 0 Å². The van der Waals surface area contributed by atoms with Crippen LogP contribution in [-0.4, -0.2) is 37.2 Å². The van der Waals surface area contributed by atoms with Crippen LogP contribution < -0.4 is 0 Å². The minimum absolute atomic E-state index is 0.103. The summed E-state index contributed by atoms with van der Waals surface area (Å²) in [7, 11) is 0. The summed E-state index contributed by atoms with van der Waals surface area (Å²) < 4.78 is 16.8. The molecule has 0 aromatic heterocycles. The predicted molar refractivity (Wildman–Crippen MR) is 343 cm³/mol. The number of hydrogen-bond donors (Lipinski definition) is 0. The molecule has 0 aromatic rings. The van der Waals surface area contributed by atoms with Gasteiger partial charge in [0.25, 0.3) is 0 Å². The molecule has 0 heterocycles. The number of unbranched alkanes of at least 4 members (excludes halogenated alkanes) is 31. The molecule has 0 spiro atoms. The van der Waals surface area contributed by atoms with E-state index in [2.05, 4.69) is 124 Å². The van der Waals surface area contributed by atoms with Gasteiger partial charge in [-0.05, 0) is 116 Å². The maximum atomic E-state index is 12.9. The third kappa shape index (κ3) is 64.8. The van der Waals surface area contributed by atoms with Crippen LogP contribution >= 0.6 is 0 Å². The highest BCUT2D eigenvalue weighted by Gasteiger charge is 2.19. The van der Waals surface area contributed by atoms with E-state index in [-0.39, 0.29) is 37.5 Å². The smallest absolute Gasteiger partial charge is 0.306 e. The number of allylic oxidation sites excluding steroid dienone is 18. The monoisotopic (exact) mass is 1100 g/mol. The Morgan fingerprint density at radius 3 is 0.873 bits per heavy atom. The van der Waals surface area contributed by atoms with E-state index in [1.54, 1.807) is 0 Å². The predicted octanol–water partition coefficient (Wildman–Crippen LogP) is 23.0. The summed E-state index contributed by atoms with van der Waals surface area (Å²) in [6.07, 6.45) is 91.3. The Bertz CT molecular complexity index is 1590. The summed E-state index contributed by atoms with van der Waals surface area (Å²) in [5.74, 6) is -0.988. The Hall–Kier alpha value is -3.93. The maximum absolute atomic E-state index is 12.9. The zero-order chi connectivity index (χ0) is 57.1. The molecule has 79 heavy (non-hydrogen) atoms. The first-order valence-electron chi connectivity index (χ1n) is 33.4. The Kier molecular flexibility index (Phi) is 63.3. The molecular weight excluding hydrogens is 973 g/mol. The Morgan fingerprint density at radius 2 is 0.519 bits per heavy atom. The van der Waals surface area contributed by atoms with Gasteiger partial charge in [0.2, 0.25) is 0 Å².